The summed E-state index contributed by atoms with van der Waals surface area (Å²) in [5.41, 5.74) is 0. The van der Waals surface area contributed by atoms with Gasteiger partial charge in [-0.3, -0.25) is 19.4 Å². The Balaban J connectivity index is 1.76. The van der Waals surface area contributed by atoms with Crippen LogP contribution in [-0.4, -0.2) is 96.9 Å². The maximum atomic E-state index is 12.7. The summed E-state index contributed by atoms with van der Waals surface area (Å²) in [4.78, 5) is 34.1. The maximum Gasteiger partial charge on any atom is 0.226 e. The Labute approximate surface area is 184 Å². The van der Waals surface area contributed by atoms with Crippen molar-refractivity contribution in [2.75, 3.05) is 65.4 Å². The Morgan fingerprint density at radius 3 is 1.43 bits per heavy atom. The molecule has 2 rings (SSSR count). The lowest BCUT2D eigenvalue weighted by Gasteiger charge is -2.34. The molecular formula is C24H44N4O2. The molecule has 2 heterocycles. The summed E-state index contributed by atoms with van der Waals surface area (Å²) >= 11 is 0. The van der Waals surface area contributed by atoms with Gasteiger partial charge < -0.3 is 9.80 Å². The van der Waals surface area contributed by atoms with E-state index in [1.807, 2.05) is 9.80 Å². The second-order valence-electron chi connectivity index (χ2n) is 8.69. The molecule has 0 bridgehead atoms. The number of carbonyl (C=O) groups is 2. The van der Waals surface area contributed by atoms with E-state index in [-0.39, 0.29) is 11.8 Å². The van der Waals surface area contributed by atoms with Crippen LogP contribution in [0.2, 0.25) is 0 Å². The Morgan fingerprint density at radius 1 is 0.733 bits per heavy atom. The van der Waals surface area contributed by atoms with Crippen molar-refractivity contribution in [1.29, 1.82) is 0 Å². The predicted octanol–water partition coefficient (Wildman–Crippen LogP) is 2.70. The summed E-state index contributed by atoms with van der Waals surface area (Å²) in [6.07, 6.45) is 8.75. The highest BCUT2D eigenvalue weighted by Gasteiger charge is 2.29. The quantitative estimate of drug-likeness (QED) is 0.510. The van der Waals surface area contributed by atoms with Crippen molar-refractivity contribution < 1.29 is 9.59 Å². The summed E-state index contributed by atoms with van der Waals surface area (Å²) in [5.74, 6) is 0.957. The molecule has 2 aliphatic heterocycles. The Kier molecular flexibility index (Phi) is 10.9. The average Bonchev–Trinajstić information content (AvgIpc) is 2.78. The second-order valence-corrected chi connectivity index (χ2v) is 8.69. The number of rotatable bonds is 10. The minimum atomic E-state index is 0.154. The lowest BCUT2D eigenvalue weighted by Crippen LogP contribution is -2.45. The number of hydrogen-bond donors (Lipinski definition) is 0. The third-order valence-electron chi connectivity index (χ3n) is 6.75. The van der Waals surface area contributed by atoms with Crippen molar-refractivity contribution in [2.24, 2.45) is 11.8 Å². The molecule has 0 radical (unpaired) electrons. The highest BCUT2D eigenvalue weighted by atomic mass is 16.2. The number of hydrogen-bond acceptors (Lipinski definition) is 4. The van der Waals surface area contributed by atoms with Crippen LogP contribution in [0.1, 0.15) is 53.4 Å². The van der Waals surface area contributed by atoms with Gasteiger partial charge in [-0.2, -0.15) is 0 Å². The second kappa shape index (κ2) is 13.1. The van der Waals surface area contributed by atoms with E-state index >= 15 is 0 Å². The van der Waals surface area contributed by atoms with Gasteiger partial charge in [0.15, 0.2) is 0 Å². The monoisotopic (exact) mass is 420 g/mol. The lowest BCUT2D eigenvalue weighted by atomic mass is 9.96. The van der Waals surface area contributed by atoms with Crippen molar-refractivity contribution >= 4 is 11.8 Å². The van der Waals surface area contributed by atoms with Gasteiger partial charge in [0.2, 0.25) is 11.8 Å². The summed E-state index contributed by atoms with van der Waals surface area (Å²) < 4.78 is 0. The number of nitrogens with zero attached hydrogens (tertiary/aromatic N) is 4. The molecule has 2 aliphatic rings. The summed E-state index contributed by atoms with van der Waals surface area (Å²) in [6.45, 7) is 17.2. The van der Waals surface area contributed by atoms with Gasteiger partial charge in [0.25, 0.3) is 0 Å². The normalized spacial score (nSPS) is 23.6. The number of carbonyl (C=O) groups excluding carboxylic acids is 2. The van der Waals surface area contributed by atoms with Gasteiger partial charge in [-0.15, -0.1) is 0 Å². The van der Waals surface area contributed by atoms with Gasteiger partial charge in [0, 0.05) is 52.4 Å². The first-order chi connectivity index (χ1) is 14.5. The molecule has 0 spiro atoms. The van der Waals surface area contributed by atoms with Crippen molar-refractivity contribution in [3.63, 3.8) is 0 Å². The largest absolute Gasteiger partial charge is 0.343 e. The molecular weight excluding hydrogens is 376 g/mol. The summed E-state index contributed by atoms with van der Waals surface area (Å²) in [6, 6.07) is 0. The smallest absolute Gasteiger partial charge is 0.226 e. The van der Waals surface area contributed by atoms with E-state index in [0.29, 0.717) is 11.8 Å². The van der Waals surface area contributed by atoms with Gasteiger partial charge in [-0.05, 0) is 66.5 Å². The topological polar surface area (TPSA) is 47.1 Å². The van der Waals surface area contributed by atoms with E-state index in [2.05, 4.69) is 49.6 Å². The zero-order valence-electron chi connectivity index (χ0n) is 19.8. The van der Waals surface area contributed by atoms with Crippen LogP contribution in [0.15, 0.2) is 12.2 Å². The van der Waals surface area contributed by atoms with E-state index in [9.17, 15) is 9.59 Å². The molecule has 0 aromatic heterocycles. The zero-order valence-corrected chi connectivity index (χ0v) is 19.8. The van der Waals surface area contributed by atoms with E-state index in [4.69, 9.17) is 0 Å². The number of amides is 2. The highest BCUT2D eigenvalue weighted by Crippen LogP contribution is 2.20. The third kappa shape index (κ3) is 7.09. The van der Waals surface area contributed by atoms with E-state index in [0.717, 1.165) is 91.1 Å². The minimum Gasteiger partial charge on any atom is -0.343 e. The minimum absolute atomic E-state index is 0.154. The fourth-order valence-corrected chi connectivity index (χ4v) is 4.88. The van der Waals surface area contributed by atoms with Crippen LogP contribution in [-0.2, 0) is 9.59 Å². The van der Waals surface area contributed by atoms with Gasteiger partial charge in [0.1, 0.15) is 0 Å². The molecule has 0 aromatic carbocycles. The van der Waals surface area contributed by atoms with Crippen LogP contribution >= 0.6 is 0 Å². The molecule has 172 valence electrons. The predicted molar refractivity (Wildman–Crippen MR) is 123 cm³/mol. The highest BCUT2D eigenvalue weighted by molar-refractivity contribution is 5.79. The molecule has 2 amide bonds. The molecule has 0 aliphatic carbocycles. The molecule has 2 fully saturated rings. The molecule has 2 atom stereocenters. The average molecular weight is 421 g/mol. The fourth-order valence-electron chi connectivity index (χ4n) is 4.88. The van der Waals surface area contributed by atoms with E-state index in [1.165, 1.54) is 0 Å². The first-order valence-electron chi connectivity index (χ1n) is 12.2. The number of piperidine rings is 2. The molecule has 6 heteroatoms. The molecule has 30 heavy (non-hydrogen) atoms. The SMILES string of the molecule is CCN(CC)C(=O)C1CCCN(CC=CCN2CCCC(C(=O)N(CC)CC)C2)C1. The van der Waals surface area contributed by atoms with Crippen LogP contribution in [0.25, 0.3) is 0 Å². The standard InChI is InChI=1S/C24H44N4O2/c1-5-27(6-2)23(29)21-13-11-17-25(19-21)15-9-10-16-26-18-12-14-22(20-26)24(30)28(7-3)8-4/h9-10,21-22H,5-8,11-20H2,1-4H3. The third-order valence-corrected chi connectivity index (χ3v) is 6.75. The first kappa shape index (κ1) is 24.9. The summed E-state index contributed by atoms with van der Waals surface area (Å²) in [7, 11) is 0. The molecule has 0 aromatic rings. The van der Waals surface area contributed by atoms with E-state index < -0.39 is 0 Å². The van der Waals surface area contributed by atoms with Gasteiger partial charge in [-0.25, -0.2) is 0 Å². The van der Waals surface area contributed by atoms with Gasteiger partial charge >= 0.3 is 0 Å². The zero-order chi connectivity index (χ0) is 21.9. The Bertz CT molecular complexity index is 509. The van der Waals surface area contributed by atoms with Crippen LogP contribution in [0.4, 0.5) is 0 Å². The summed E-state index contributed by atoms with van der Waals surface area (Å²) in [5, 5.41) is 0. The fraction of sp³-hybridized carbons (Fsp3) is 0.833. The maximum absolute atomic E-state index is 12.7. The van der Waals surface area contributed by atoms with Crippen LogP contribution in [0.3, 0.4) is 0 Å². The molecule has 0 saturated carbocycles. The van der Waals surface area contributed by atoms with Gasteiger partial charge in [0.05, 0.1) is 11.8 Å². The van der Waals surface area contributed by atoms with Crippen molar-refractivity contribution in [3.8, 4) is 0 Å². The Hall–Kier alpha value is -1.40. The Morgan fingerprint density at radius 2 is 1.10 bits per heavy atom. The molecule has 2 unspecified atom stereocenters. The molecule has 6 nitrogen and oxygen atoms in total. The van der Waals surface area contributed by atoms with Crippen LogP contribution in [0.5, 0.6) is 0 Å². The van der Waals surface area contributed by atoms with E-state index in [1.54, 1.807) is 0 Å². The van der Waals surface area contributed by atoms with Crippen LogP contribution in [0, 0.1) is 11.8 Å². The van der Waals surface area contributed by atoms with Gasteiger partial charge in [-0.1, -0.05) is 12.2 Å². The molecule has 2 saturated heterocycles. The first-order valence-corrected chi connectivity index (χ1v) is 12.2. The van der Waals surface area contributed by atoms with Crippen molar-refractivity contribution in [2.45, 2.75) is 53.4 Å². The van der Waals surface area contributed by atoms with Crippen molar-refractivity contribution in [1.82, 2.24) is 19.6 Å². The number of likely N-dealkylation sites (tertiary alicyclic amines) is 2. The molecule has 0 N–H and O–H groups in total. The lowest BCUT2D eigenvalue weighted by molar-refractivity contribution is -0.137. The van der Waals surface area contributed by atoms with Crippen molar-refractivity contribution in [3.05, 3.63) is 12.2 Å². The van der Waals surface area contributed by atoms with Crippen LogP contribution < -0.4 is 0 Å².